The van der Waals surface area contributed by atoms with Crippen molar-refractivity contribution in [2.45, 2.75) is 13.8 Å². The molecule has 2 aromatic rings. The smallest absolute Gasteiger partial charge is 0.245 e. The van der Waals surface area contributed by atoms with Gasteiger partial charge in [-0.1, -0.05) is 35.3 Å². The summed E-state index contributed by atoms with van der Waals surface area (Å²) < 4.78 is 25.4. The molecule has 8 heteroatoms. The van der Waals surface area contributed by atoms with Crippen molar-refractivity contribution in [2.75, 3.05) is 22.4 Å². The molecule has 1 amide bonds. The Bertz CT molecular complexity index is 914. The zero-order chi connectivity index (χ0) is 18.8. The summed E-state index contributed by atoms with van der Waals surface area (Å²) >= 11 is 12.1. The van der Waals surface area contributed by atoms with Crippen LogP contribution in [0.1, 0.15) is 11.1 Å². The van der Waals surface area contributed by atoms with Crippen molar-refractivity contribution >= 4 is 50.5 Å². The molecule has 0 aromatic heterocycles. The number of nitrogens with zero attached hydrogens (tertiary/aromatic N) is 1. The first-order chi connectivity index (χ1) is 11.6. The van der Waals surface area contributed by atoms with E-state index in [1.54, 1.807) is 50.2 Å². The summed E-state index contributed by atoms with van der Waals surface area (Å²) in [5, 5.41) is 3.64. The molecule has 25 heavy (non-hydrogen) atoms. The average Bonchev–Trinajstić information content (AvgIpc) is 2.51. The van der Waals surface area contributed by atoms with Crippen LogP contribution in [-0.2, 0) is 14.8 Å². The van der Waals surface area contributed by atoms with E-state index in [-0.39, 0.29) is 6.54 Å². The minimum absolute atomic E-state index is 0.368. The van der Waals surface area contributed by atoms with Gasteiger partial charge in [0, 0.05) is 15.7 Å². The van der Waals surface area contributed by atoms with Gasteiger partial charge in [-0.2, -0.15) is 0 Å². The first-order valence-corrected chi connectivity index (χ1v) is 9.99. The number of rotatable bonds is 5. The first kappa shape index (κ1) is 19.6. The Morgan fingerprint density at radius 2 is 1.60 bits per heavy atom. The lowest BCUT2D eigenvalue weighted by molar-refractivity contribution is -0.114. The van der Waals surface area contributed by atoms with E-state index in [9.17, 15) is 13.2 Å². The minimum Gasteiger partial charge on any atom is -0.324 e. The lowest BCUT2D eigenvalue weighted by atomic mass is 10.2. The fraction of sp³-hybridized carbons (Fsp3) is 0.235. The molecule has 0 saturated carbocycles. The van der Waals surface area contributed by atoms with Crippen LogP contribution in [0.25, 0.3) is 0 Å². The van der Waals surface area contributed by atoms with Crippen molar-refractivity contribution in [3.8, 4) is 0 Å². The number of carbonyl (C=O) groups is 1. The number of sulfonamides is 1. The van der Waals surface area contributed by atoms with Gasteiger partial charge in [-0.25, -0.2) is 8.42 Å². The number of nitrogens with one attached hydrogen (secondary N) is 1. The molecule has 0 aliphatic carbocycles. The molecule has 0 bridgehead atoms. The number of carbonyl (C=O) groups excluding carboxylic acids is 1. The third kappa shape index (κ3) is 4.66. The highest BCUT2D eigenvalue weighted by atomic mass is 35.5. The quantitative estimate of drug-likeness (QED) is 0.823. The second kappa shape index (κ2) is 7.64. The van der Waals surface area contributed by atoms with E-state index in [1.807, 2.05) is 0 Å². The molecule has 0 aliphatic rings. The normalized spacial score (nSPS) is 11.2. The number of hydrogen-bond acceptors (Lipinski definition) is 3. The average molecular weight is 401 g/mol. The summed E-state index contributed by atoms with van der Waals surface area (Å²) in [5.41, 5.74) is 2.20. The molecule has 0 atom stereocenters. The van der Waals surface area contributed by atoms with Crippen LogP contribution in [0, 0.1) is 13.8 Å². The highest BCUT2D eigenvalue weighted by Crippen LogP contribution is 2.28. The first-order valence-electron chi connectivity index (χ1n) is 7.39. The molecular formula is C17H18Cl2N2O3S. The molecular weight excluding hydrogens is 383 g/mol. The van der Waals surface area contributed by atoms with Gasteiger partial charge in [0.15, 0.2) is 0 Å². The summed E-state index contributed by atoms with van der Waals surface area (Å²) in [6.07, 6.45) is 1.05. The highest BCUT2D eigenvalue weighted by molar-refractivity contribution is 7.92. The van der Waals surface area contributed by atoms with Gasteiger partial charge in [0.1, 0.15) is 6.54 Å². The number of amides is 1. The number of hydrogen-bond donors (Lipinski definition) is 1. The lowest BCUT2D eigenvalue weighted by Gasteiger charge is -2.24. The van der Waals surface area contributed by atoms with Crippen molar-refractivity contribution in [3.63, 3.8) is 0 Å². The van der Waals surface area contributed by atoms with Crippen LogP contribution in [-0.4, -0.2) is 27.1 Å². The van der Waals surface area contributed by atoms with E-state index in [0.717, 1.165) is 10.6 Å². The van der Waals surface area contributed by atoms with E-state index in [0.29, 0.717) is 32.5 Å². The molecule has 0 aliphatic heterocycles. The molecule has 5 nitrogen and oxygen atoms in total. The van der Waals surface area contributed by atoms with Gasteiger partial charge in [-0.05, 0) is 49.2 Å². The second-order valence-corrected chi connectivity index (χ2v) is 8.34. The van der Waals surface area contributed by atoms with E-state index >= 15 is 0 Å². The summed E-state index contributed by atoms with van der Waals surface area (Å²) in [7, 11) is -3.68. The molecule has 0 spiro atoms. The van der Waals surface area contributed by atoms with E-state index < -0.39 is 15.9 Å². The van der Waals surface area contributed by atoms with Crippen molar-refractivity contribution in [1.82, 2.24) is 0 Å². The molecule has 0 fully saturated rings. The van der Waals surface area contributed by atoms with E-state index in [4.69, 9.17) is 23.2 Å². The Balaban J connectivity index is 2.31. The van der Waals surface area contributed by atoms with Gasteiger partial charge in [-0.3, -0.25) is 9.10 Å². The molecule has 0 unspecified atom stereocenters. The summed E-state index contributed by atoms with van der Waals surface area (Å²) in [6, 6.07) is 10.0. The monoisotopic (exact) mass is 400 g/mol. The number of anilines is 2. The fourth-order valence-electron chi connectivity index (χ4n) is 2.31. The third-order valence-electron chi connectivity index (χ3n) is 3.74. The van der Waals surface area contributed by atoms with Crippen molar-refractivity contribution in [2.24, 2.45) is 0 Å². The largest absolute Gasteiger partial charge is 0.324 e. The van der Waals surface area contributed by atoms with Crippen LogP contribution < -0.4 is 9.62 Å². The molecule has 0 heterocycles. The van der Waals surface area contributed by atoms with Gasteiger partial charge < -0.3 is 5.32 Å². The van der Waals surface area contributed by atoms with Crippen LogP contribution in [0.3, 0.4) is 0 Å². The van der Waals surface area contributed by atoms with Gasteiger partial charge in [0.25, 0.3) is 0 Å². The SMILES string of the molecule is Cc1c(Cl)cccc1NC(=O)CN(c1cccc(Cl)c1C)S(C)(=O)=O. The zero-order valence-corrected chi connectivity index (χ0v) is 16.3. The molecule has 134 valence electrons. The Labute approximate surface area is 157 Å². The van der Waals surface area contributed by atoms with Gasteiger partial charge in [-0.15, -0.1) is 0 Å². The van der Waals surface area contributed by atoms with E-state index in [1.165, 1.54) is 0 Å². The van der Waals surface area contributed by atoms with Crippen LogP contribution in [0.2, 0.25) is 10.0 Å². The number of halogens is 2. The Kier molecular flexibility index (Phi) is 5.98. The zero-order valence-electron chi connectivity index (χ0n) is 14.0. The predicted molar refractivity (Wildman–Crippen MR) is 103 cm³/mol. The molecule has 2 rings (SSSR count). The second-order valence-electron chi connectivity index (χ2n) is 5.61. The maximum Gasteiger partial charge on any atom is 0.245 e. The molecule has 0 radical (unpaired) electrons. The van der Waals surface area contributed by atoms with Crippen molar-refractivity contribution < 1.29 is 13.2 Å². The summed E-state index contributed by atoms with van der Waals surface area (Å²) in [5.74, 6) is -0.477. The topological polar surface area (TPSA) is 66.5 Å². The van der Waals surface area contributed by atoms with Crippen LogP contribution in [0.15, 0.2) is 36.4 Å². The maximum absolute atomic E-state index is 12.4. The fourth-order valence-corrected chi connectivity index (χ4v) is 3.56. The maximum atomic E-state index is 12.4. The third-order valence-corrected chi connectivity index (χ3v) is 5.68. The minimum atomic E-state index is -3.68. The molecule has 0 saturated heterocycles. The van der Waals surface area contributed by atoms with Gasteiger partial charge >= 0.3 is 0 Å². The lowest BCUT2D eigenvalue weighted by Crippen LogP contribution is -2.38. The Morgan fingerprint density at radius 1 is 1.04 bits per heavy atom. The van der Waals surface area contributed by atoms with Crippen LogP contribution >= 0.6 is 23.2 Å². The number of benzene rings is 2. The van der Waals surface area contributed by atoms with Crippen molar-refractivity contribution in [1.29, 1.82) is 0 Å². The van der Waals surface area contributed by atoms with Crippen LogP contribution in [0.5, 0.6) is 0 Å². The molecule has 2 aromatic carbocycles. The Hall–Kier alpha value is -1.76. The standard InChI is InChI=1S/C17H18Cl2N2O3S/c1-11-13(18)6-4-8-15(11)20-17(22)10-21(25(3,23)24)16-9-5-7-14(19)12(16)2/h4-9H,10H2,1-3H3,(H,20,22). The van der Waals surface area contributed by atoms with Gasteiger partial charge in [0.2, 0.25) is 15.9 Å². The predicted octanol–water partition coefficient (Wildman–Crippen LogP) is 4.01. The molecule has 1 N–H and O–H groups in total. The van der Waals surface area contributed by atoms with Crippen molar-refractivity contribution in [3.05, 3.63) is 57.6 Å². The summed E-state index contributed by atoms with van der Waals surface area (Å²) in [6.45, 7) is 3.11. The Morgan fingerprint density at radius 3 is 2.20 bits per heavy atom. The highest BCUT2D eigenvalue weighted by Gasteiger charge is 2.23. The van der Waals surface area contributed by atoms with E-state index in [2.05, 4.69) is 5.32 Å². The summed E-state index contributed by atoms with van der Waals surface area (Å²) in [4.78, 5) is 12.4. The van der Waals surface area contributed by atoms with Gasteiger partial charge in [0.05, 0.1) is 11.9 Å². The van der Waals surface area contributed by atoms with Crippen LogP contribution in [0.4, 0.5) is 11.4 Å².